The van der Waals surface area contributed by atoms with Gasteiger partial charge in [-0.1, -0.05) is 12.1 Å². The fourth-order valence-corrected chi connectivity index (χ4v) is 2.99. The number of hydrazine groups is 1. The van der Waals surface area contributed by atoms with Crippen molar-refractivity contribution in [3.63, 3.8) is 0 Å². The Balaban J connectivity index is 2.15. The Kier molecular flexibility index (Phi) is 3.44. The molecule has 0 aliphatic carbocycles. The zero-order valence-electron chi connectivity index (χ0n) is 11.6. The SMILES string of the molecule is Cc1cc2c(Nc3c(C)cccc3F)nc(NN)nc2s1. The van der Waals surface area contributed by atoms with Crippen LogP contribution in [0.2, 0.25) is 0 Å². The fraction of sp³-hybridized carbons (Fsp3) is 0.143. The lowest BCUT2D eigenvalue weighted by molar-refractivity contribution is 0.631. The summed E-state index contributed by atoms with van der Waals surface area (Å²) in [5.41, 5.74) is 3.64. The minimum atomic E-state index is -0.323. The number of halogens is 1. The van der Waals surface area contributed by atoms with Crippen molar-refractivity contribution in [3.8, 4) is 0 Å². The predicted molar refractivity (Wildman–Crippen MR) is 84.4 cm³/mol. The van der Waals surface area contributed by atoms with Crippen LogP contribution in [0.15, 0.2) is 24.3 Å². The van der Waals surface area contributed by atoms with E-state index in [4.69, 9.17) is 5.84 Å². The van der Waals surface area contributed by atoms with Crippen LogP contribution in [0.3, 0.4) is 0 Å². The van der Waals surface area contributed by atoms with Crippen LogP contribution < -0.4 is 16.6 Å². The van der Waals surface area contributed by atoms with Gasteiger partial charge in [0, 0.05) is 4.88 Å². The molecule has 0 amide bonds. The molecule has 0 bridgehead atoms. The molecular formula is C14H14FN5S. The van der Waals surface area contributed by atoms with Gasteiger partial charge in [0.05, 0.1) is 11.1 Å². The topological polar surface area (TPSA) is 75.9 Å². The zero-order chi connectivity index (χ0) is 15.0. The minimum absolute atomic E-state index is 0.292. The Morgan fingerprint density at radius 2 is 2.05 bits per heavy atom. The molecule has 4 N–H and O–H groups in total. The molecule has 21 heavy (non-hydrogen) atoms. The molecule has 5 nitrogen and oxygen atoms in total. The summed E-state index contributed by atoms with van der Waals surface area (Å²) < 4.78 is 14.0. The van der Waals surface area contributed by atoms with Gasteiger partial charge >= 0.3 is 0 Å². The van der Waals surface area contributed by atoms with E-state index >= 15 is 0 Å². The van der Waals surface area contributed by atoms with Gasteiger partial charge in [-0.25, -0.2) is 15.2 Å². The van der Waals surface area contributed by atoms with E-state index in [1.54, 1.807) is 6.07 Å². The second-order valence-electron chi connectivity index (χ2n) is 4.67. The van der Waals surface area contributed by atoms with Gasteiger partial charge in [0.1, 0.15) is 16.5 Å². The normalized spacial score (nSPS) is 10.9. The number of hydrogen-bond donors (Lipinski definition) is 3. The van der Waals surface area contributed by atoms with Gasteiger partial charge in [-0.05, 0) is 31.5 Å². The van der Waals surface area contributed by atoms with E-state index in [1.165, 1.54) is 17.4 Å². The predicted octanol–water partition coefficient (Wildman–Crippen LogP) is 3.48. The third kappa shape index (κ3) is 2.53. The third-order valence-electron chi connectivity index (χ3n) is 3.11. The number of benzene rings is 1. The highest BCUT2D eigenvalue weighted by molar-refractivity contribution is 7.18. The van der Waals surface area contributed by atoms with Crippen molar-refractivity contribution in [2.45, 2.75) is 13.8 Å². The number of nitrogens with zero attached hydrogens (tertiary/aromatic N) is 2. The lowest BCUT2D eigenvalue weighted by Gasteiger charge is -2.11. The quantitative estimate of drug-likeness (QED) is 0.510. The Labute approximate surface area is 125 Å². The van der Waals surface area contributed by atoms with E-state index in [1.807, 2.05) is 26.0 Å². The number of fused-ring (bicyclic) bond motifs is 1. The highest BCUT2D eigenvalue weighted by Crippen LogP contribution is 2.32. The van der Waals surface area contributed by atoms with Crippen molar-refractivity contribution in [3.05, 3.63) is 40.5 Å². The van der Waals surface area contributed by atoms with Crippen molar-refractivity contribution < 1.29 is 4.39 Å². The van der Waals surface area contributed by atoms with Gasteiger partial charge < -0.3 is 5.32 Å². The van der Waals surface area contributed by atoms with E-state index in [2.05, 4.69) is 20.7 Å². The first kappa shape index (κ1) is 13.7. The molecule has 2 aromatic heterocycles. The molecule has 7 heteroatoms. The Bertz CT molecular complexity index is 794. The van der Waals surface area contributed by atoms with Gasteiger partial charge in [-0.3, -0.25) is 5.43 Å². The number of aromatic nitrogens is 2. The number of nitrogens with one attached hydrogen (secondary N) is 2. The van der Waals surface area contributed by atoms with E-state index < -0.39 is 0 Å². The van der Waals surface area contributed by atoms with Crippen LogP contribution in [0.25, 0.3) is 10.2 Å². The first-order chi connectivity index (χ1) is 10.1. The summed E-state index contributed by atoms with van der Waals surface area (Å²) in [5.74, 6) is 5.90. The molecule has 0 atom stereocenters. The summed E-state index contributed by atoms with van der Waals surface area (Å²) >= 11 is 1.53. The van der Waals surface area contributed by atoms with Crippen molar-refractivity contribution in [2.24, 2.45) is 5.84 Å². The van der Waals surface area contributed by atoms with Crippen LogP contribution in [0.4, 0.5) is 21.8 Å². The van der Waals surface area contributed by atoms with Crippen LogP contribution >= 0.6 is 11.3 Å². The minimum Gasteiger partial charge on any atom is -0.337 e. The van der Waals surface area contributed by atoms with Crippen LogP contribution in [0, 0.1) is 19.7 Å². The van der Waals surface area contributed by atoms with Crippen LogP contribution in [0.5, 0.6) is 0 Å². The molecule has 0 fully saturated rings. The number of hydrogen-bond acceptors (Lipinski definition) is 6. The average molecular weight is 303 g/mol. The number of rotatable bonds is 3. The first-order valence-corrected chi connectivity index (χ1v) is 7.17. The van der Waals surface area contributed by atoms with E-state index in [0.29, 0.717) is 17.5 Å². The maximum Gasteiger partial charge on any atom is 0.240 e. The fourth-order valence-electron chi connectivity index (χ4n) is 2.11. The lowest BCUT2D eigenvalue weighted by Crippen LogP contribution is -2.11. The summed E-state index contributed by atoms with van der Waals surface area (Å²) in [6, 6.07) is 6.89. The summed E-state index contributed by atoms with van der Waals surface area (Å²) in [5, 5.41) is 3.90. The highest BCUT2D eigenvalue weighted by Gasteiger charge is 2.13. The molecular weight excluding hydrogens is 289 g/mol. The van der Waals surface area contributed by atoms with Crippen LogP contribution in [-0.2, 0) is 0 Å². The molecule has 0 spiro atoms. The molecule has 108 valence electrons. The monoisotopic (exact) mass is 303 g/mol. The Morgan fingerprint density at radius 1 is 1.24 bits per heavy atom. The largest absolute Gasteiger partial charge is 0.337 e. The maximum atomic E-state index is 14.0. The third-order valence-corrected chi connectivity index (χ3v) is 4.05. The number of anilines is 3. The van der Waals surface area contributed by atoms with Gasteiger partial charge in [0.25, 0.3) is 0 Å². The molecule has 0 radical (unpaired) electrons. The van der Waals surface area contributed by atoms with Crippen molar-refractivity contribution in [2.75, 3.05) is 10.7 Å². The van der Waals surface area contributed by atoms with Crippen molar-refractivity contribution in [1.82, 2.24) is 9.97 Å². The second-order valence-corrected chi connectivity index (χ2v) is 5.91. The van der Waals surface area contributed by atoms with Crippen LogP contribution in [0.1, 0.15) is 10.4 Å². The standard InChI is InChI=1S/C14H14FN5S/c1-7-4-3-5-10(15)11(7)17-12-9-6-8(2)21-13(9)19-14(18-12)20-16/h3-6H,16H2,1-2H3,(H2,17,18,19,20). The van der Waals surface area contributed by atoms with E-state index in [-0.39, 0.29) is 5.82 Å². The Hall–Kier alpha value is -2.25. The molecule has 3 rings (SSSR count). The average Bonchev–Trinajstić information content (AvgIpc) is 2.83. The summed E-state index contributed by atoms with van der Waals surface area (Å²) in [4.78, 5) is 10.5. The second kappa shape index (κ2) is 5.27. The molecule has 3 aromatic rings. The maximum absolute atomic E-state index is 14.0. The number of para-hydroxylation sites is 1. The first-order valence-electron chi connectivity index (χ1n) is 6.35. The number of nitrogens with two attached hydrogens (primary N) is 1. The molecule has 1 aromatic carbocycles. The van der Waals surface area contributed by atoms with Gasteiger partial charge in [0.2, 0.25) is 5.95 Å². The van der Waals surface area contributed by atoms with Gasteiger partial charge in [-0.15, -0.1) is 11.3 Å². The van der Waals surface area contributed by atoms with Gasteiger partial charge in [-0.2, -0.15) is 4.98 Å². The van der Waals surface area contributed by atoms with Gasteiger partial charge in [0.15, 0.2) is 0 Å². The molecule has 0 aliphatic rings. The zero-order valence-corrected chi connectivity index (χ0v) is 12.4. The number of aryl methyl sites for hydroxylation is 2. The molecule has 0 saturated heterocycles. The van der Waals surface area contributed by atoms with E-state index in [9.17, 15) is 4.39 Å². The Morgan fingerprint density at radius 3 is 2.76 bits per heavy atom. The highest BCUT2D eigenvalue weighted by atomic mass is 32.1. The molecule has 0 aliphatic heterocycles. The lowest BCUT2D eigenvalue weighted by atomic mass is 10.2. The number of nitrogen functional groups attached to an aromatic ring is 1. The van der Waals surface area contributed by atoms with Crippen LogP contribution in [-0.4, -0.2) is 9.97 Å². The number of thiophene rings is 1. The molecule has 0 unspecified atom stereocenters. The van der Waals surface area contributed by atoms with E-state index in [0.717, 1.165) is 20.7 Å². The summed E-state index contributed by atoms with van der Waals surface area (Å²) in [6.07, 6.45) is 0. The smallest absolute Gasteiger partial charge is 0.240 e. The summed E-state index contributed by atoms with van der Waals surface area (Å²) in [6.45, 7) is 3.82. The summed E-state index contributed by atoms with van der Waals surface area (Å²) in [7, 11) is 0. The molecule has 2 heterocycles. The van der Waals surface area contributed by atoms with Crippen molar-refractivity contribution >= 4 is 39.0 Å². The molecule has 0 saturated carbocycles. The van der Waals surface area contributed by atoms with Crippen molar-refractivity contribution in [1.29, 1.82) is 0 Å².